The van der Waals surface area contributed by atoms with Crippen LogP contribution in [-0.2, 0) is 24.8 Å². The summed E-state index contributed by atoms with van der Waals surface area (Å²) in [6, 6.07) is 4.47. The van der Waals surface area contributed by atoms with E-state index in [-0.39, 0.29) is 29.2 Å². The maximum atomic E-state index is 16.0. The SMILES string of the molecule is Cc1cc(-n2nc3c(c2-n2cc4n(c2=O)-c2c(cc5c(cnn5C)c2F)OC4)[C@H](C)N(C(=O)OC(C)(C)C)CC3)cc(C)c1F. The quantitative estimate of drug-likeness (QED) is 0.265. The number of rotatable bonds is 2. The predicted molar refractivity (Wildman–Crippen MR) is 162 cm³/mol. The molecule has 1 atom stereocenters. The molecule has 1 amide bonds. The summed E-state index contributed by atoms with van der Waals surface area (Å²) < 4.78 is 48.3. The number of aromatic nitrogens is 6. The van der Waals surface area contributed by atoms with Crippen LogP contribution < -0.4 is 10.4 Å². The first-order valence-electron chi connectivity index (χ1n) is 14.7. The second kappa shape index (κ2) is 9.78. The minimum Gasteiger partial charge on any atom is -0.485 e. The van der Waals surface area contributed by atoms with Gasteiger partial charge in [-0.05, 0) is 64.8 Å². The molecule has 13 heteroatoms. The van der Waals surface area contributed by atoms with Crippen LogP contribution in [0.15, 0.2) is 35.4 Å². The lowest BCUT2D eigenvalue weighted by Crippen LogP contribution is -2.42. The zero-order chi connectivity index (χ0) is 32.1. The van der Waals surface area contributed by atoms with Gasteiger partial charge >= 0.3 is 11.8 Å². The van der Waals surface area contributed by atoms with Crippen molar-refractivity contribution in [3.63, 3.8) is 0 Å². The Morgan fingerprint density at radius 3 is 2.51 bits per heavy atom. The highest BCUT2D eigenvalue weighted by Gasteiger charge is 2.38. The van der Waals surface area contributed by atoms with Crippen LogP contribution in [0.3, 0.4) is 0 Å². The van der Waals surface area contributed by atoms with E-state index in [1.807, 2.05) is 6.92 Å². The molecule has 234 valence electrons. The lowest BCUT2D eigenvalue weighted by molar-refractivity contribution is 0.0159. The summed E-state index contributed by atoms with van der Waals surface area (Å²) in [4.78, 5) is 29.3. The molecule has 5 aromatic rings. The van der Waals surface area contributed by atoms with Crippen LogP contribution in [0.1, 0.15) is 61.8 Å². The van der Waals surface area contributed by atoms with Gasteiger partial charge in [0.05, 0.1) is 40.2 Å². The molecular formula is C32H33F2N7O4. The fraction of sp³-hybridized carbons (Fsp3) is 0.375. The lowest BCUT2D eigenvalue weighted by Gasteiger charge is -2.34. The van der Waals surface area contributed by atoms with Crippen molar-refractivity contribution in [3.8, 4) is 22.9 Å². The number of imidazole rings is 1. The molecule has 0 aliphatic carbocycles. The second-order valence-electron chi connectivity index (χ2n) is 12.7. The fourth-order valence-electron chi connectivity index (χ4n) is 6.35. The van der Waals surface area contributed by atoms with Crippen LogP contribution in [0.4, 0.5) is 13.6 Å². The number of ether oxygens (including phenoxy) is 2. The molecule has 2 aliphatic heterocycles. The number of nitrogens with zero attached hydrogens (tertiary/aromatic N) is 7. The van der Waals surface area contributed by atoms with Gasteiger partial charge in [0.1, 0.15) is 35.3 Å². The summed E-state index contributed by atoms with van der Waals surface area (Å²) in [5.74, 6) is -0.362. The Morgan fingerprint density at radius 1 is 1.11 bits per heavy atom. The Balaban J connectivity index is 1.47. The van der Waals surface area contributed by atoms with Crippen molar-refractivity contribution in [2.75, 3.05) is 6.54 Å². The Labute approximate surface area is 257 Å². The van der Waals surface area contributed by atoms with Crippen molar-refractivity contribution in [1.29, 1.82) is 0 Å². The number of fused-ring (bicyclic) bond motifs is 5. The van der Waals surface area contributed by atoms with E-state index in [1.165, 1.54) is 15.3 Å². The Hall–Kier alpha value is -4.94. The summed E-state index contributed by atoms with van der Waals surface area (Å²) in [7, 11) is 1.70. The van der Waals surface area contributed by atoms with Gasteiger partial charge in [0, 0.05) is 37.8 Å². The molecule has 0 bridgehead atoms. The molecule has 0 spiro atoms. The molecule has 3 aromatic heterocycles. The van der Waals surface area contributed by atoms with Crippen molar-refractivity contribution in [3.05, 3.63) is 80.8 Å². The third kappa shape index (κ3) is 4.35. The summed E-state index contributed by atoms with van der Waals surface area (Å²) in [5, 5.41) is 9.33. The van der Waals surface area contributed by atoms with Crippen LogP contribution in [0.25, 0.3) is 28.1 Å². The number of hydrogen-bond donors (Lipinski definition) is 0. The summed E-state index contributed by atoms with van der Waals surface area (Å²) in [6.07, 6.45) is 2.94. The van der Waals surface area contributed by atoms with Crippen LogP contribution >= 0.6 is 0 Å². The van der Waals surface area contributed by atoms with E-state index in [0.29, 0.717) is 58.1 Å². The smallest absolute Gasteiger partial charge is 0.410 e. The van der Waals surface area contributed by atoms with Gasteiger partial charge in [-0.15, -0.1) is 0 Å². The average Bonchev–Trinajstić information content (AvgIpc) is 3.64. The van der Waals surface area contributed by atoms with Crippen molar-refractivity contribution in [2.45, 2.75) is 66.2 Å². The summed E-state index contributed by atoms with van der Waals surface area (Å²) in [6.45, 7) is 11.0. The van der Waals surface area contributed by atoms with Crippen LogP contribution in [0.2, 0.25) is 0 Å². The number of amides is 1. The highest BCUT2D eigenvalue weighted by atomic mass is 19.1. The first kappa shape index (κ1) is 28.8. The summed E-state index contributed by atoms with van der Waals surface area (Å²) in [5.41, 5.74) is 2.42. The molecule has 7 rings (SSSR count). The maximum absolute atomic E-state index is 16.0. The third-order valence-corrected chi connectivity index (χ3v) is 8.46. The van der Waals surface area contributed by atoms with Gasteiger partial charge < -0.3 is 14.4 Å². The first-order valence-corrected chi connectivity index (χ1v) is 14.7. The molecule has 0 unspecified atom stereocenters. The molecule has 2 aliphatic rings. The molecule has 2 aromatic carbocycles. The molecule has 0 saturated heterocycles. The van der Waals surface area contributed by atoms with Gasteiger partial charge in [-0.25, -0.2) is 23.1 Å². The minimum atomic E-state index is -0.706. The van der Waals surface area contributed by atoms with E-state index in [4.69, 9.17) is 14.6 Å². The van der Waals surface area contributed by atoms with E-state index in [1.54, 1.807) is 80.3 Å². The lowest BCUT2D eigenvalue weighted by atomic mass is 9.99. The highest BCUT2D eigenvalue weighted by molar-refractivity contribution is 5.85. The Kier molecular flexibility index (Phi) is 6.26. The van der Waals surface area contributed by atoms with Crippen molar-refractivity contribution < 1.29 is 23.0 Å². The third-order valence-electron chi connectivity index (χ3n) is 8.46. The molecule has 5 heterocycles. The minimum absolute atomic E-state index is 0.00247. The molecule has 0 N–H and O–H groups in total. The van der Waals surface area contributed by atoms with Gasteiger partial charge in [-0.1, -0.05) is 0 Å². The normalized spacial score (nSPS) is 15.9. The van der Waals surface area contributed by atoms with Crippen LogP contribution in [-0.4, -0.2) is 51.8 Å². The standard InChI is InChI=1S/C32H33F2N7O4/c1-16-10-19(11-17(2)26(16)33)41-29(25-18(3)38(9-8-22(25)36-41)31(43)45-32(4,5)6)39-14-20-15-44-24-12-23-21(13-35-37(23)7)27(34)28(24)40(20)30(39)42/h10-14,18H,8-9,15H2,1-7H3/t18-/m0/s1. The zero-order valence-electron chi connectivity index (χ0n) is 26.1. The second-order valence-corrected chi connectivity index (χ2v) is 12.7. The van der Waals surface area contributed by atoms with E-state index in [2.05, 4.69) is 5.10 Å². The number of benzene rings is 2. The number of hydrogen-bond acceptors (Lipinski definition) is 6. The van der Waals surface area contributed by atoms with Crippen molar-refractivity contribution in [2.24, 2.45) is 7.05 Å². The van der Waals surface area contributed by atoms with E-state index in [9.17, 15) is 14.0 Å². The zero-order valence-corrected chi connectivity index (χ0v) is 26.1. The topological polar surface area (TPSA) is 101 Å². The molecule has 45 heavy (non-hydrogen) atoms. The average molecular weight is 618 g/mol. The van der Waals surface area contributed by atoms with Crippen molar-refractivity contribution in [1.82, 2.24) is 33.6 Å². The number of halogens is 2. The molecule has 11 nitrogen and oxygen atoms in total. The molecule has 0 radical (unpaired) electrons. The largest absolute Gasteiger partial charge is 0.485 e. The first-order chi connectivity index (χ1) is 21.2. The highest BCUT2D eigenvalue weighted by Crippen LogP contribution is 2.39. The van der Waals surface area contributed by atoms with Gasteiger partial charge in [0.2, 0.25) is 0 Å². The number of carbonyl (C=O) groups excluding carboxylic acids is 1. The van der Waals surface area contributed by atoms with Crippen molar-refractivity contribution >= 4 is 17.0 Å². The maximum Gasteiger partial charge on any atom is 0.410 e. The molecule has 0 saturated carbocycles. The van der Waals surface area contributed by atoms with Crippen LogP contribution in [0.5, 0.6) is 5.75 Å². The Bertz CT molecular complexity index is 2090. The van der Waals surface area contributed by atoms with Gasteiger partial charge in [-0.2, -0.15) is 10.2 Å². The van der Waals surface area contributed by atoms with Gasteiger partial charge in [-0.3, -0.25) is 13.8 Å². The van der Waals surface area contributed by atoms with E-state index >= 15 is 4.39 Å². The molecular weight excluding hydrogens is 584 g/mol. The van der Waals surface area contributed by atoms with Crippen LogP contribution in [0, 0.1) is 25.5 Å². The number of aryl methyl sites for hydroxylation is 3. The van der Waals surface area contributed by atoms with E-state index in [0.717, 1.165) is 0 Å². The molecule has 0 fully saturated rings. The predicted octanol–water partition coefficient (Wildman–Crippen LogP) is 5.34. The number of carbonyl (C=O) groups is 1. The fourth-order valence-corrected chi connectivity index (χ4v) is 6.35. The van der Waals surface area contributed by atoms with Gasteiger partial charge in [0.15, 0.2) is 5.82 Å². The van der Waals surface area contributed by atoms with Gasteiger partial charge in [0.25, 0.3) is 0 Å². The Morgan fingerprint density at radius 2 is 1.82 bits per heavy atom. The van der Waals surface area contributed by atoms with E-state index < -0.39 is 29.2 Å². The monoisotopic (exact) mass is 617 g/mol. The summed E-state index contributed by atoms with van der Waals surface area (Å²) >= 11 is 0.